The van der Waals surface area contributed by atoms with E-state index in [4.69, 9.17) is 4.42 Å². The van der Waals surface area contributed by atoms with Gasteiger partial charge in [0.15, 0.2) is 5.43 Å². The molecule has 0 N–H and O–H groups in total. The van der Waals surface area contributed by atoms with Gasteiger partial charge in [-0.1, -0.05) is 30.3 Å². The minimum Gasteiger partial charge on any atom is -0.456 e. The van der Waals surface area contributed by atoms with E-state index in [9.17, 15) is 4.79 Å². The smallest absolute Gasteiger partial charge is 0.193 e. The number of fused-ring (bicyclic) bond motifs is 1. The molecule has 0 bridgehead atoms. The fourth-order valence-electron chi connectivity index (χ4n) is 1.93. The number of rotatable bonds is 2. The highest BCUT2D eigenvalue weighted by atomic mass is 79.9. The molecule has 0 radical (unpaired) electrons. The summed E-state index contributed by atoms with van der Waals surface area (Å²) in [6, 6.07) is 16.7. The standard InChI is InChI=1S/C15H9BrO2S/c16-19-11-6-7-14-12(8-11)13(17)9-15(18-14)10-4-2-1-3-5-10/h1-9H. The van der Waals surface area contributed by atoms with Crippen LogP contribution in [0.15, 0.2) is 68.7 Å². The second-order valence-corrected chi connectivity index (χ2v) is 5.67. The van der Waals surface area contributed by atoms with Gasteiger partial charge in [-0.2, -0.15) is 0 Å². The van der Waals surface area contributed by atoms with Gasteiger partial charge in [0.25, 0.3) is 0 Å². The monoisotopic (exact) mass is 332 g/mol. The molecule has 0 saturated carbocycles. The first-order valence-electron chi connectivity index (χ1n) is 5.70. The largest absolute Gasteiger partial charge is 0.456 e. The topological polar surface area (TPSA) is 30.2 Å². The Morgan fingerprint density at radius 2 is 1.79 bits per heavy atom. The molecule has 1 heterocycles. The second-order valence-electron chi connectivity index (χ2n) is 4.08. The molecule has 1 aromatic heterocycles. The van der Waals surface area contributed by atoms with Crippen LogP contribution in [0.1, 0.15) is 0 Å². The maximum atomic E-state index is 12.2. The average molecular weight is 333 g/mol. The van der Waals surface area contributed by atoms with Crippen LogP contribution >= 0.6 is 25.0 Å². The molecule has 19 heavy (non-hydrogen) atoms. The molecule has 0 atom stereocenters. The van der Waals surface area contributed by atoms with E-state index in [0.717, 1.165) is 10.5 Å². The quantitative estimate of drug-likeness (QED) is 0.671. The summed E-state index contributed by atoms with van der Waals surface area (Å²) in [5.41, 5.74) is 1.49. The lowest BCUT2D eigenvalue weighted by Crippen LogP contribution is -2.00. The molecule has 94 valence electrons. The van der Waals surface area contributed by atoms with Crippen molar-refractivity contribution in [3.63, 3.8) is 0 Å². The van der Waals surface area contributed by atoms with E-state index < -0.39 is 0 Å². The van der Waals surface area contributed by atoms with Gasteiger partial charge in [-0.3, -0.25) is 4.79 Å². The van der Waals surface area contributed by atoms with Gasteiger partial charge in [-0.05, 0) is 43.2 Å². The SMILES string of the molecule is O=c1cc(-c2ccccc2)oc2ccc(SBr)cc12. The Morgan fingerprint density at radius 3 is 2.53 bits per heavy atom. The first kappa shape index (κ1) is 12.5. The van der Waals surface area contributed by atoms with Crippen molar-refractivity contribution in [1.82, 2.24) is 0 Å². The van der Waals surface area contributed by atoms with E-state index in [1.54, 1.807) is 6.07 Å². The molecule has 3 rings (SSSR count). The molecule has 0 unspecified atom stereocenters. The predicted octanol–water partition coefficient (Wildman–Crippen LogP) is 4.86. The Bertz CT molecular complexity index is 781. The van der Waals surface area contributed by atoms with Gasteiger partial charge in [0, 0.05) is 16.5 Å². The van der Waals surface area contributed by atoms with Crippen molar-refractivity contribution >= 4 is 36.0 Å². The van der Waals surface area contributed by atoms with E-state index in [1.165, 1.54) is 10.2 Å². The van der Waals surface area contributed by atoms with Gasteiger partial charge in [0.2, 0.25) is 0 Å². The number of hydrogen-bond acceptors (Lipinski definition) is 3. The fourth-order valence-corrected chi connectivity index (χ4v) is 2.81. The third-order valence-electron chi connectivity index (χ3n) is 2.85. The third kappa shape index (κ3) is 2.46. The normalized spacial score (nSPS) is 10.8. The lowest BCUT2D eigenvalue weighted by molar-refractivity contribution is 0.618. The van der Waals surface area contributed by atoms with Gasteiger partial charge in [0.1, 0.15) is 11.3 Å². The highest BCUT2D eigenvalue weighted by molar-refractivity contribution is 9.50. The van der Waals surface area contributed by atoms with Crippen LogP contribution in [-0.2, 0) is 0 Å². The van der Waals surface area contributed by atoms with Crippen molar-refractivity contribution < 1.29 is 4.42 Å². The zero-order valence-corrected chi connectivity index (χ0v) is 12.2. The van der Waals surface area contributed by atoms with Crippen LogP contribution in [0, 0.1) is 0 Å². The van der Waals surface area contributed by atoms with E-state index in [2.05, 4.69) is 14.8 Å². The third-order valence-corrected chi connectivity index (χ3v) is 4.40. The molecule has 0 aliphatic heterocycles. The van der Waals surface area contributed by atoms with Crippen molar-refractivity contribution in [1.29, 1.82) is 0 Å². The molecule has 0 aliphatic carbocycles. The van der Waals surface area contributed by atoms with E-state index in [0.29, 0.717) is 16.7 Å². The molecule has 4 heteroatoms. The highest BCUT2D eigenvalue weighted by Gasteiger charge is 2.07. The van der Waals surface area contributed by atoms with E-state index >= 15 is 0 Å². The number of halogens is 1. The molecule has 2 nitrogen and oxygen atoms in total. The van der Waals surface area contributed by atoms with Crippen LogP contribution in [0.4, 0.5) is 0 Å². The predicted molar refractivity (Wildman–Crippen MR) is 82.7 cm³/mol. The molecule has 3 aromatic rings. The number of benzene rings is 2. The summed E-state index contributed by atoms with van der Waals surface area (Å²) in [5.74, 6) is 0.595. The molecular weight excluding hydrogens is 324 g/mol. The van der Waals surface area contributed by atoms with Crippen molar-refractivity contribution in [2.45, 2.75) is 4.90 Å². The first-order valence-corrected chi connectivity index (χ1v) is 8.36. The van der Waals surface area contributed by atoms with Gasteiger partial charge in [0.05, 0.1) is 5.39 Å². The summed E-state index contributed by atoms with van der Waals surface area (Å²) in [6.07, 6.45) is 0. The molecule has 2 aromatic carbocycles. The Hall–Kier alpha value is -1.52. The Labute approximate surface area is 121 Å². The molecule has 0 amide bonds. The van der Waals surface area contributed by atoms with Crippen LogP contribution in [-0.4, -0.2) is 0 Å². The molecule has 0 saturated heterocycles. The summed E-state index contributed by atoms with van der Waals surface area (Å²) in [6.45, 7) is 0. The summed E-state index contributed by atoms with van der Waals surface area (Å²) in [7, 11) is 1.42. The zero-order valence-electron chi connectivity index (χ0n) is 9.80. The summed E-state index contributed by atoms with van der Waals surface area (Å²) in [4.78, 5) is 13.1. The van der Waals surface area contributed by atoms with Crippen LogP contribution < -0.4 is 5.43 Å². The Balaban J connectivity index is 2.23. The van der Waals surface area contributed by atoms with Gasteiger partial charge in [-0.15, -0.1) is 0 Å². The lowest BCUT2D eigenvalue weighted by Gasteiger charge is -2.03. The van der Waals surface area contributed by atoms with Crippen molar-refractivity contribution in [3.05, 3.63) is 64.8 Å². The Kier molecular flexibility index (Phi) is 3.44. The van der Waals surface area contributed by atoms with Gasteiger partial charge < -0.3 is 4.42 Å². The van der Waals surface area contributed by atoms with Crippen molar-refractivity contribution in [2.75, 3.05) is 0 Å². The zero-order chi connectivity index (χ0) is 13.2. The Morgan fingerprint density at radius 1 is 1.00 bits per heavy atom. The lowest BCUT2D eigenvalue weighted by atomic mass is 10.1. The molecule has 0 spiro atoms. The fraction of sp³-hybridized carbons (Fsp3) is 0. The van der Waals surface area contributed by atoms with Gasteiger partial charge >= 0.3 is 0 Å². The maximum absolute atomic E-state index is 12.2. The molecular formula is C15H9BrO2S. The van der Waals surface area contributed by atoms with Crippen LogP contribution in [0.25, 0.3) is 22.3 Å². The minimum atomic E-state index is -0.0245. The minimum absolute atomic E-state index is 0.0245. The van der Waals surface area contributed by atoms with Crippen LogP contribution in [0.2, 0.25) is 0 Å². The molecule has 0 fully saturated rings. The van der Waals surface area contributed by atoms with E-state index in [-0.39, 0.29) is 5.43 Å². The maximum Gasteiger partial charge on any atom is 0.193 e. The average Bonchev–Trinajstić information content (AvgIpc) is 2.48. The van der Waals surface area contributed by atoms with Crippen LogP contribution in [0.5, 0.6) is 0 Å². The second kappa shape index (κ2) is 5.23. The van der Waals surface area contributed by atoms with Crippen molar-refractivity contribution in [2.24, 2.45) is 0 Å². The summed E-state index contributed by atoms with van der Waals surface area (Å²) < 4.78 is 5.80. The van der Waals surface area contributed by atoms with Crippen LogP contribution in [0.3, 0.4) is 0 Å². The number of hydrogen-bond donors (Lipinski definition) is 0. The van der Waals surface area contributed by atoms with Gasteiger partial charge in [-0.25, -0.2) is 0 Å². The van der Waals surface area contributed by atoms with E-state index in [1.807, 2.05) is 48.5 Å². The molecule has 0 aliphatic rings. The highest BCUT2D eigenvalue weighted by Crippen LogP contribution is 2.28. The summed E-state index contributed by atoms with van der Waals surface area (Å²) >= 11 is 3.30. The van der Waals surface area contributed by atoms with Crippen molar-refractivity contribution in [3.8, 4) is 11.3 Å². The first-order chi connectivity index (χ1) is 9.28. The summed E-state index contributed by atoms with van der Waals surface area (Å²) in [5, 5.41) is 0.601.